The minimum absolute atomic E-state index is 0.0615. The zero-order chi connectivity index (χ0) is 23.9. The first kappa shape index (κ1) is 25.7. The second-order valence-electron chi connectivity index (χ2n) is 9.71. The molecule has 9 nitrogen and oxygen atoms in total. The molecule has 180 valence electrons. The molecule has 0 bridgehead atoms. The Bertz CT molecular complexity index is 786. The molecular formula is C23H39N5O4. The summed E-state index contributed by atoms with van der Waals surface area (Å²) in [5.74, 6) is 0.0216. The summed E-state index contributed by atoms with van der Waals surface area (Å²) in [6.07, 6.45) is 3.77. The van der Waals surface area contributed by atoms with Gasteiger partial charge in [0.15, 0.2) is 0 Å². The van der Waals surface area contributed by atoms with Gasteiger partial charge < -0.3 is 20.7 Å². The maximum absolute atomic E-state index is 12.6. The number of carbonyl (C=O) groups is 3. The summed E-state index contributed by atoms with van der Waals surface area (Å²) in [6, 6.07) is 1.58. The second-order valence-corrected chi connectivity index (χ2v) is 9.71. The SMILES string of the molecule is CCc1cc(C(=O)N[C@H]2CC[C@H](NC(=O)C[C@@H](C)NC(=O)OC(C)(C)C)C[C@H]2CC)n[nH]1. The van der Waals surface area contributed by atoms with Gasteiger partial charge in [-0.1, -0.05) is 20.3 Å². The van der Waals surface area contributed by atoms with Crippen LogP contribution in [0, 0.1) is 5.92 Å². The van der Waals surface area contributed by atoms with E-state index in [-0.39, 0.29) is 42.3 Å². The van der Waals surface area contributed by atoms with Crippen molar-refractivity contribution in [2.45, 2.75) is 104 Å². The smallest absolute Gasteiger partial charge is 0.407 e. The maximum atomic E-state index is 12.6. The molecule has 1 saturated carbocycles. The van der Waals surface area contributed by atoms with Gasteiger partial charge in [0, 0.05) is 30.2 Å². The number of aromatic amines is 1. The Morgan fingerprint density at radius 2 is 1.94 bits per heavy atom. The molecule has 1 fully saturated rings. The van der Waals surface area contributed by atoms with Crippen LogP contribution in [-0.4, -0.2) is 51.8 Å². The molecule has 2 rings (SSSR count). The Hall–Kier alpha value is -2.58. The van der Waals surface area contributed by atoms with Gasteiger partial charge in [-0.25, -0.2) is 4.79 Å². The van der Waals surface area contributed by atoms with E-state index in [1.165, 1.54) is 0 Å². The van der Waals surface area contributed by atoms with Gasteiger partial charge in [-0.2, -0.15) is 5.10 Å². The fraction of sp³-hybridized carbons (Fsp3) is 0.739. The van der Waals surface area contributed by atoms with Crippen molar-refractivity contribution in [2.75, 3.05) is 0 Å². The van der Waals surface area contributed by atoms with Gasteiger partial charge in [-0.05, 0) is 65.4 Å². The lowest BCUT2D eigenvalue weighted by Crippen LogP contribution is -2.49. The molecule has 0 spiro atoms. The van der Waals surface area contributed by atoms with E-state index in [0.29, 0.717) is 5.69 Å². The van der Waals surface area contributed by atoms with Crippen molar-refractivity contribution in [3.8, 4) is 0 Å². The number of ether oxygens (including phenoxy) is 1. The number of alkyl carbamates (subject to hydrolysis) is 1. The van der Waals surface area contributed by atoms with Crippen LogP contribution in [-0.2, 0) is 16.0 Å². The van der Waals surface area contributed by atoms with E-state index < -0.39 is 11.7 Å². The number of hydrogen-bond donors (Lipinski definition) is 4. The molecule has 1 aliphatic carbocycles. The molecule has 0 aliphatic heterocycles. The topological polar surface area (TPSA) is 125 Å². The predicted octanol–water partition coefficient (Wildman–Crippen LogP) is 3.07. The Balaban J connectivity index is 1.80. The van der Waals surface area contributed by atoms with E-state index in [1.54, 1.807) is 33.8 Å². The standard InChI is InChI=1S/C23H39N5O4/c1-7-15-12-17(25-20(29)11-14(3)24-22(31)32-23(4,5)6)9-10-18(15)26-21(30)19-13-16(8-2)27-28-19/h13-15,17-18H,7-12H2,1-6H3,(H,24,31)(H,25,29)(H,26,30)(H,27,28)/t14-,15-,17+,18+/m1/s1. The van der Waals surface area contributed by atoms with E-state index in [2.05, 4.69) is 33.1 Å². The van der Waals surface area contributed by atoms with Gasteiger partial charge in [0.25, 0.3) is 5.91 Å². The van der Waals surface area contributed by atoms with Gasteiger partial charge in [-0.3, -0.25) is 14.7 Å². The largest absolute Gasteiger partial charge is 0.444 e. The lowest BCUT2D eigenvalue weighted by Gasteiger charge is -2.36. The van der Waals surface area contributed by atoms with Gasteiger partial charge in [-0.15, -0.1) is 0 Å². The third kappa shape index (κ3) is 8.16. The molecule has 1 heterocycles. The molecule has 1 aromatic heterocycles. The third-order valence-corrected chi connectivity index (χ3v) is 5.69. The van der Waals surface area contributed by atoms with Crippen LogP contribution in [0.3, 0.4) is 0 Å². The number of aromatic nitrogens is 2. The summed E-state index contributed by atoms with van der Waals surface area (Å²) in [4.78, 5) is 36.9. The predicted molar refractivity (Wildman–Crippen MR) is 122 cm³/mol. The fourth-order valence-electron chi connectivity index (χ4n) is 4.06. The number of aryl methyl sites for hydroxylation is 1. The van der Waals surface area contributed by atoms with Gasteiger partial charge in [0.1, 0.15) is 11.3 Å². The molecule has 4 N–H and O–H groups in total. The van der Waals surface area contributed by atoms with Crippen LogP contribution in [0.15, 0.2) is 6.07 Å². The van der Waals surface area contributed by atoms with Crippen molar-refractivity contribution in [1.82, 2.24) is 26.1 Å². The Morgan fingerprint density at radius 1 is 1.22 bits per heavy atom. The number of carbonyl (C=O) groups excluding carboxylic acids is 3. The molecule has 0 radical (unpaired) electrons. The first-order chi connectivity index (χ1) is 15.0. The zero-order valence-electron chi connectivity index (χ0n) is 20.2. The van der Waals surface area contributed by atoms with Crippen molar-refractivity contribution in [2.24, 2.45) is 5.92 Å². The highest BCUT2D eigenvalue weighted by Gasteiger charge is 2.32. The normalized spacial score (nSPS) is 22.0. The van der Waals surface area contributed by atoms with Crippen LogP contribution in [0.5, 0.6) is 0 Å². The first-order valence-corrected chi connectivity index (χ1v) is 11.6. The zero-order valence-corrected chi connectivity index (χ0v) is 20.2. The monoisotopic (exact) mass is 449 g/mol. The summed E-state index contributed by atoms with van der Waals surface area (Å²) in [7, 11) is 0. The van der Waals surface area contributed by atoms with Crippen molar-refractivity contribution in [3.63, 3.8) is 0 Å². The number of rotatable bonds is 8. The van der Waals surface area contributed by atoms with Gasteiger partial charge >= 0.3 is 6.09 Å². The molecule has 3 amide bonds. The van der Waals surface area contributed by atoms with Crippen LogP contribution in [0.4, 0.5) is 4.79 Å². The average molecular weight is 450 g/mol. The highest BCUT2D eigenvalue weighted by Crippen LogP contribution is 2.28. The second kappa shape index (κ2) is 11.3. The van der Waals surface area contributed by atoms with E-state index in [0.717, 1.165) is 37.8 Å². The van der Waals surface area contributed by atoms with E-state index in [1.807, 2.05) is 6.92 Å². The number of amides is 3. The summed E-state index contributed by atoms with van der Waals surface area (Å²) in [5, 5.41) is 15.9. The third-order valence-electron chi connectivity index (χ3n) is 5.69. The number of hydrogen-bond acceptors (Lipinski definition) is 5. The molecule has 1 aromatic rings. The van der Waals surface area contributed by atoms with Crippen molar-refractivity contribution < 1.29 is 19.1 Å². The van der Waals surface area contributed by atoms with Crippen molar-refractivity contribution in [3.05, 3.63) is 17.5 Å². The molecule has 1 aliphatic rings. The quantitative estimate of drug-likeness (QED) is 0.485. The highest BCUT2D eigenvalue weighted by molar-refractivity contribution is 5.92. The van der Waals surface area contributed by atoms with Crippen LogP contribution >= 0.6 is 0 Å². The number of H-pyrrole nitrogens is 1. The number of nitrogens with one attached hydrogen (secondary N) is 4. The molecule has 0 saturated heterocycles. The Labute approximate surface area is 190 Å². The first-order valence-electron chi connectivity index (χ1n) is 11.6. The summed E-state index contributed by atoms with van der Waals surface area (Å²) in [5.41, 5.74) is 0.771. The lowest BCUT2D eigenvalue weighted by atomic mass is 9.80. The molecule has 0 unspecified atom stereocenters. The molecule has 9 heteroatoms. The van der Waals surface area contributed by atoms with E-state index in [4.69, 9.17) is 4.74 Å². The van der Waals surface area contributed by atoms with Crippen LogP contribution in [0.1, 0.15) is 89.8 Å². The van der Waals surface area contributed by atoms with Gasteiger partial charge in [0.2, 0.25) is 5.91 Å². The van der Waals surface area contributed by atoms with Crippen molar-refractivity contribution in [1.29, 1.82) is 0 Å². The average Bonchev–Trinajstić information content (AvgIpc) is 3.16. The lowest BCUT2D eigenvalue weighted by molar-refractivity contribution is -0.122. The minimum Gasteiger partial charge on any atom is -0.444 e. The molecule has 4 atom stereocenters. The van der Waals surface area contributed by atoms with Crippen LogP contribution in [0.2, 0.25) is 0 Å². The van der Waals surface area contributed by atoms with Crippen LogP contribution in [0.25, 0.3) is 0 Å². The summed E-state index contributed by atoms with van der Waals surface area (Å²) < 4.78 is 5.23. The van der Waals surface area contributed by atoms with E-state index >= 15 is 0 Å². The summed E-state index contributed by atoms with van der Waals surface area (Å²) >= 11 is 0. The summed E-state index contributed by atoms with van der Waals surface area (Å²) in [6.45, 7) is 11.3. The number of nitrogens with zero attached hydrogens (tertiary/aromatic N) is 1. The molecule has 32 heavy (non-hydrogen) atoms. The van der Waals surface area contributed by atoms with Gasteiger partial charge in [0.05, 0.1) is 0 Å². The van der Waals surface area contributed by atoms with Crippen molar-refractivity contribution >= 4 is 17.9 Å². The Morgan fingerprint density at radius 3 is 2.53 bits per heavy atom. The molecular weight excluding hydrogens is 410 g/mol. The van der Waals surface area contributed by atoms with E-state index in [9.17, 15) is 14.4 Å². The minimum atomic E-state index is -0.579. The maximum Gasteiger partial charge on any atom is 0.407 e. The van der Waals surface area contributed by atoms with Crippen LogP contribution < -0.4 is 16.0 Å². The highest BCUT2D eigenvalue weighted by atomic mass is 16.6. The molecule has 0 aromatic carbocycles. The fourth-order valence-corrected chi connectivity index (χ4v) is 4.06. The Kier molecular flexibility index (Phi) is 9.09.